The van der Waals surface area contributed by atoms with E-state index in [9.17, 15) is 9.18 Å². The van der Waals surface area contributed by atoms with E-state index in [1.54, 1.807) is 0 Å². The summed E-state index contributed by atoms with van der Waals surface area (Å²) < 4.78 is 17.1. The van der Waals surface area contributed by atoms with E-state index < -0.39 is 5.85 Å². The van der Waals surface area contributed by atoms with Gasteiger partial charge in [0.25, 0.3) is 12.3 Å². The van der Waals surface area contributed by atoms with Crippen LogP contribution in [0.5, 0.6) is 0 Å². The lowest BCUT2D eigenvalue weighted by Gasteiger charge is -2.14. The van der Waals surface area contributed by atoms with Gasteiger partial charge in [0, 0.05) is 12.8 Å². The third kappa shape index (κ3) is 1.40. The van der Waals surface area contributed by atoms with Crippen LogP contribution < -0.4 is 0 Å². The maximum absolute atomic E-state index is 12.9. The Morgan fingerprint density at radius 2 is 2.00 bits per heavy atom. The van der Waals surface area contributed by atoms with Crippen LogP contribution in [0.3, 0.4) is 0 Å². The van der Waals surface area contributed by atoms with E-state index in [1.165, 1.54) is 0 Å². The molecule has 1 aliphatic carbocycles. The van der Waals surface area contributed by atoms with Crippen LogP contribution in [0.25, 0.3) is 0 Å². The molecule has 52 valence electrons. The fourth-order valence-electron chi connectivity index (χ4n) is 1.11. The maximum atomic E-state index is 12.9. The van der Waals surface area contributed by atoms with Gasteiger partial charge >= 0.3 is 0 Å². The Morgan fingerprint density at radius 1 is 1.44 bits per heavy atom. The number of halogens is 1. The fraction of sp³-hybridized carbons (Fsp3) is 0.833. The monoisotopic (exact) mass is 132 g/mol. The number of hydrogen-bond donors (Lipinski definition) is 0. The van der Waals surface area contributed by atoms with E-state index in [0.717, 1.165) is 12.8 Å². The standard InChI is InChI=1S/C6H9FO2/c7-6(9-5-8)3-1-2-4-6/h5H,1-4H2. The zero-order valence-electron chi connectivity index (χ0n) is 5.10. The number of carbonyl (C=O) groups is 1. The van der Waals surface area contributed by atoms with Crippen molar-refractivity contribution in [2.45, 2.75) is 31.5 Å². The number of ether oxygens (including phenoxy) is 1. The van der Waals surface area contributed by atoms with Gasteiger partial charge in [-0.25, -0.2) is 0 Å². The number of carbonyl (C=O) groups excluding carboxylic acids is 1. The third-order valence-corrected chi connectivity index (χ3v) is 1.61. The smallest absolute Gasteiger partial charge is 0.295 e. The van der Waals surface area contributed by atoms with Crippen LogP contribution >= 0.6 is 0 Å². The summed E-state index contributed by atoms with van der Waals surface area (Å²) >= 11 is 0. The van der Waals surface area contributed by atoms with Crippen molar-refractivity contribution in [3.63, 3.8) is 0 Å². The Morgan fingerprint density at radius 3 is 2.44 bits per heavy atom. The van der Waals surface area contributed by atoms with E-state index in [0.29, 0.717) is 12.8 Å². The predicted molar refractivity (Wildman–Crippen MR) is 29.5 cm³/mol. The molecule has 0 bridgehead atoms. The molecule has 0 aliphatic heterocycles. The van der Waals surface area contributed by atoms with Gasteiger partial charge in [-0.1, -0.05) is 0 Å². The lowest BCUT2D eigenvalue weighted by molar-refractivity contribution is -0.164. The highest BCUT2D eigenvalue weighted by atomic mass is 19.2. The molecular weight excluding hydrogens is 123 g/mol. The summed E-state index contributed by atoms with van der Waals surface area (Å²) in [4.78, 5) is 9.70. The first-order valence-corrected chi connectivity index (χ1v) is 3.07. The van der Waals surface area contributed by atoms with Crippen molar-refractivity contribution in [2.75, 3.05) is 0 Å². The third-order valence-electron chi connectivity index (χ3n) is 1.61. The Hall–Kier alpha value is -0.600. The second kappa shape index (κ2) is 2.33. The van der Waals surface area contributed by atoms with E-state index in [-0.39, 0.29) is 6.47 Å². The second-order valence-electron chi connectivity index (χ2n) is 2.30. The summed E-state index contributed by atoms with van der Waals surface area (Å²) in [6.07, 6.45) is 2.38. The molecule has 1 aliphatic rings. The van der Waals surface area contributed by atoms with Gasteiger partial charge in [-0.05, 0) is 12.8 Å². The van der Waals surface area contributed by atoms with E-state index in [4.69, 9.17) is 0 Å². The molecule has 2 nitrogen and oxygen atoms in total. The van der Waals surface area contributed by atoms with Gasteiger partial charge in [0.15, 0.2) is 0 Å². The van der Waals surface area contributed by atoms with Crippen LogP contribution in [-0.2, 0) is 9.53 Å². The molecule has 3 heteroatoms. The topological polar surface area (TPSA) is 26.3 Å². The Balaban J connectivity index is 2.40. The van der Waals surface area contributed by atoms with Gasteiger partial charge in [0.2, 0.25) is 0 Å². The maximum Gasteiger partial charge on any atom is 0.295 e. The van der Waals surface area contributed by atoms with Crippen molar-refractivity contribution in [3.8, 4) is 0 Å². The average Bonchev–Trinajstić information content (AvgIpc) is 2.16. The molecule has 1 rings (SSSR count). The molecule has 0 aromatic carbocycles. The Bertz CT molecular complexity index is 108. The molecule has 0 amide bonds. The summed E-state index contributed by atoms with van der Waals surface area (Å²) in [6.45, 7) is 0.186. The minimum atomic E-state index is -1.62. The van der Waals surface area contributed by atoms with E-state index in [2.05, 4.69) is 4.74 Å². The zero-order chi connectivity index (χ0) is 6.74. The highest BCUT2D eigenvalue weighted by Gasteiger charge is 2.34. The molecule has 1 saturated carbocycles. The summed E-state index contributed by atoms with van der Waals surface area (Å²) in [5.41, 5.74) is 0. The van der Waals surface area contributed by atoms with Crippen molar-refractivity contribution < 1.29 is 13.9 Å². The minimum Gasteiger partial charge on any atom is -0.431 e. The first kappa shape index (κ1) is 6.52. The molecule has 0 aromatic heterocycles. The summed E-state index contributed by atoms with van der Waals surface area (Å²) in [7, 11) is 0. The molecule has 0 saturated heterocycles. The van der Waals surface area contributed by atoms with Crippen LogP contribution in [0.2, 0.25) is 0 Å². The summed E-state index contributed by atoms with van der Waals surface area (Å²) in [5.74, 6) is -1.62. The van der Waals surface area contributed by atoms with Crippen molar-refractivity contribution in [3.05, 3.63) is 0 Å². The van der Waals surface area contributed by atoms with Crippen LogP contribution in [0.4, 0.5) is 4.39 Å². The number of hydrogen-bond acceptors (Lipinski definition) is 2. The zero-order valence-corrected chi connectivity index (χ0v) is 5.10. The van der Waals surface area contributed by atoms with Crippen molar-refractivity contribution in [1.29, 1.82) is 0 Å². The Kier molecular flexibility index (Phi) is 1.69. The minimum absolute atomic E-state index is 0.186. The second-order valence-corrected chi connectivity index (χ2v) is 2.30. The number of alkyl halides is 1. The summed E-state index contributed by atoms with van der Waals surface area (Å²) in [6, 6.07) is 0. The normalized spacial score (nSPS) is 23.7. The lowest BCUT2D eigenvalue weighted by Crippen LogP contribution is -2.21. The molecule has 0 unspecified atom stereocenters. The Labute approximate surface area is 53.0 Å². The quantitative estimate of drug-likeness (QED) is 0.531. The van der Waals surface area contributed by atoms with E-state index >= 15 is 0 Å². The van der Waals surface area contributed by atoms with E-state index in [1.807, 2.05) is 0 Å². The van der Waals surface area contributed by atoms with Gasteiger partial charge < -0.3 is 4.74 Å². The van der Waals surface area contributed by atoms with Gasteiger partial charge in [-0.15, -0.1) is 0 Å². The van der Waals surface area contributed by atoms with Crippen LogP contribution in [-0.4, -0.2) is 12.3 Å². The predicted octanol–water partition coefficient (Wildman–Crippen LogP) is 1.40. The number of rotatable bonds is 2. The molecule has 0 atom stereocenters. The first-order chi connectivity index (χ1) is 4.27. The summed E-state index contributed by atoms with van der Waals surface area (Å²) in [5, 5.41) is 0. The lowest BCUT2D eigenvalue weighted by atomic mass is 10.3. The molecule has 1 fully saturated rings. The van der Waals surface area contributed by atoms with Gasteiger partial charge in [0.05, 0.1) is 0 Å². The highest BCUT2D eigenvalue weighted by molar-refractivity contribution is 5.38. The van der Waals surface area contributed by atoms with Gasteiger partial charge in [0.1, 0.15) is 0 Å². The van der Waals surface area contributed by atoms with Crippen molar-refractivity contribution in [2.24, 2.45) is 0 Å². The highest BCUT2D eigenvalue weighted by Crippen LogP contribution is 2.33. The van der Waals surface area contributed by atoms with Crippen LogP contribution in [0, 0.1) is 0 Å². The van der Waals surface area contributed by atoms with Gasteiger partial charge in [-0.3, -0.25) is 4.79 Å². The molecular formula is C6H9FO2. The molecule has 9 heavy (non-hydrogen) atoms. The van der Waals surface area contributed by atoms with Crippen molar-refractivity contribution in [1.82, 2.24) is 0 Å². The van der Waals surface area contributed by atoms with Crippen molar-refractivity contribution >= 4 is 6.47 Å². The van der Waals surface area contributed by atoms with Gasteiger partial charge in [-0.2, -0.15) is 4.39 Å². The van der Waals surface area contributed by atoms with Crippen LogP contribution in [0.15, 0.2) is 0 Å². The average molecular weight is 132 g/mol. The molecule has 0 aromatic rings. The largest absolute Gasteiger partial charge is 0.431 e. The van der Waals surface area contributed by atoms with Crippen LogP contribution in [0.1, 0.15) is 25.7 Å². The molecule has 0 radical (unpaired) electrons. The molecule has 0 heterocycles. The SMILES string of the molecule is O=COC1(F)CCCC1. The molecule has 0 spiro atoms. The molecule has 0 N–H and O–H groups in total. The first-order valence-electron chi connectivity index (χ1n) is 3.07. The fourth-order valence-corrected chi connectivity index (χ4v) is 1.11.